The van der Waals surface area contributed by atoms with E-state index in [0.29, 0.717) is 24.5 Å². The molecule has 0 spiro atoms. The third-order valence-corrected chi connectivity index (χ3v) is 9.42. The molecule has 0 aliphatic rings. The van der Waals surface area contributed by atoms with Gasteiger partial charge in [0, 0.05) is 18.1 Å². The van der Waals surface area contributed by atoms with Gasteiger partial charge in [0.2, 0.25) is 0 Å². The van der Waals surface area contributed by atoms with E-state index in [-0.39, 0.29) is 5.04 Å². The van der Waals surface area contributed by atoms with Crippen molar-refractivity contribution in [2.45, 2.75) is 64.0 Å². The average Bonchev–Trinajstić information content (AvgIpc) is 2.39. The van der Waals surface area contributed by atoms with Crippen LogP contribution in [0.4, 0.5) is 0 Å². The predicted octanol–water partition coefficient (Wildman–Crippen LogP) is 4.02. The van der Waals surface area contributed by atoms with Crippen LogP contribution in [-0.2, 0) is 10.8 Å². The molecule has 2 unspecified atom stereocenters. The number of rotatable bonds is 7. The van der Waals surface area contributed by atoms with Crippen LogP contribution in [0.3, 0.4) is 0 Å². The number of aliphatic hydroxyl groups is 2. The SMILES string of the molecule is CC(C)(C)[Si](C)(C)OCCC(O)C(O)Cc1ccccc1Cl. The van der Waals surface area contributed by atoms with Gasteiger partial charge >= 0.3 is 0 Å². The molecule has 0 saturated carbocycles. The molecule has 0 heterocycles. The highest BCUT2D eigenvalue weighted by atomic mass is 35.5. The maximum Gasteiger partial charge on any atom is 0.191 e. The van der Waals surface area contributed by atoms with E-state index in [1.54, 1.807) is 6.07 Å². The number of aliphatic hydroxyl groups excluding tert-OH is 2. The van der Waals surface area contributed by atoms with E-state index >= 15 is 0 Å². The van der Waals surface area contributed by atoms with E-state index < -0.39 is 20.5 Å². The first-order valence-electron chi connectivity index (χ1n) is 7.78. The van der Waals surface area contributed by atoms with Crippen LogP contribution < -0.4 is 0 Å². The van der Waals surface area contributed by atoms with Gasteiger partial charge in [-0.2, -0.15) is 0 Å². The first kappa shape index (κ1) is 19.7. The van der Waals surface area contributed by atoms with Gasteiger partial charge < -0.3 is 14.6 Å². The van der Waals surface area contributed by atoms with Crippen LogP contribution in [0.25, 0.3) is 0 Å². The summed E-state index contributed by atoms with van der Waals surface area (Å²) < 4.78 is 6.03. The summed E-state index contributed by atoms with van der Waals surface area (Å²) in [5.41, 5.74) is 0.848. The Kier molecular flexibility index (Phi) is 7.08. The lowest BCUT2D eigenvalue weighted by molar-refractivity contribution is 0.00697. The molecule has 0 aromatic heterocycles. The molecule has 0 radical (unpaired) electrons. The van der Waals surface area contributed by atoms with E-state index in [1.807, 2.05) is 18.2 Å². The van der Waals surface area contributed by atoms with E-state index in [9.17, 15) is 10.2 Å². The fourth-order valence-electron chi connectivity index (χ4n) is 1.87. The summed E-state index contributed by atoms with van der Waals surface area (Å²) >= 11 is 6.08. The molecule has 0 fully saturated rings. The van der Waals surface area contributed by atoms with Crippen LogP contribution in [-0.4, -0.2) is 37.3 Å². The molecular formula is C17H29ClO3Si. The number of hydrogen-bond acceptors (Lipinski definition) is 3. The Bertz CT molecular complexity index is 471. The largest absolute Gasteiger partial charge is 0.417 e. The van der Waals surface area contributed by atoms with E-state index in [2.05, 4.69) is 33.9 Å². The second-order valence-electron chi connectivity index (χ2n) is 7.33. The number of benzene rings is 1. The van der Waals surface area contributed by atoms with Crippen molar-refractivity contribution in [3.05, 3.63) is 34.9 Å². The molecule has 0 aliphatic carbocycles. The minimum atomic E-state index is -1.80. The van der Waals surface area contributed by atoms with Gasteiger partial charge in [-0.15, -0.1) is 0 Å². The average molecular weight is 345 g/mol. The first-order chi connectivity index (χ1) is 10.0. The molecule has 0 saturated heterocycles. The minimum Gasteiger partial charge on any atom is -0.417 e. The summed E-state index contributed by atoms with van der Waals surface area (Å²) in [6.07, 6.45) is -0.858. The van der Waals surface area contributed by atoms with Crippen LogP contribution >= 0.6 is 11.6 Å². The van der Waals surface area contributed by atoms with Gasteiger partial charge in [0.15, 0.2) is 8.32 Å². The third kappa shape index (κ3) is 5.67. The molecule has 1 aromatic carbocycles. The predicted molar refractivity (Wildman–Crippen MR) is 94.9 cm³/mol. The van der Waals surface area contributed by atoms with Gasteiger partial charge in [0.25, 0.3) is 0 Å². The Morgan fingerprint density at radius 2 is 1.73 bits per heavy atom. The molecule has 0 amide bonds. The van der Waals surface area contributed by atoms with Crippen molar-refractivity contribution in [1.29, 1.82) is 0 Å². The van der Waals surface area contributed by atoms with E-state index in [4.69, 9.17) is 16.0 Å². The Labute approximate surface area is 140 Å². The Hall–Kier alpha value is -0.393. The van der Waals surface area contributed by atoms with Gasteiger partial charge in [-0.25, -0.2) is 0 Å². The monoisotopic (exact) mass is 344 g/mol. The molecule has 126 valence electrons. The van der Waals surface area contributed by atoms with Gasteiger partial charge in [-0.1, -0.05) is 50.6 Å². The van der Waals surface area contributed by atoms with Crippen molar-refractivity contribution in [2.75, 3.05) is 6.61 Å². The molecule has 5 heteroatoms. The molecule has 2 N–H and O–H groups in total. The highest BCUT2D eigenvalue weighted by Gasteiger charge is 2.37. The highest BCUT2D eigenvalue weighted by molar-refractivity contribution is 6.74. The van der Waals surface area contributed by atoms with Gasteiger partial charge in [0.1, 0.15) is 0 Å². The molecule has 0 aliphatic heterocycles. The zero-order valence-electron chi connectivity index (χ0n) is 14.3. The molecule has 0 bridgehead atoms. The smallest absolute Gasteiger partial charge is 0.191 e. The molecule has 22 heavy (non-hydrogen) atoms. The van der Waals surface area contributed by atoms with Crippen LogP contribution in [0.15, 0.2) is 24.3 Å². The van der Waals surface area contributed by atoms with Gasteiger partial charge in [-0.3, -0.25) is 0 Å². The third-order valence-electron chi connectivity index (χ3n) is 4.51. The molecule has 3 nitrogen and oxygen atoms in total. The summed E-state index contributed by atoms with van der Waals surface area (Å²) in [5.74, 6) is 0. The Balaban J connectivity index is 2.45. The lowest BCUT2D eigenvalue weighted by atomic mass is 10.0. The zero-order valence-corrected chi connectivity index (χ0v) is 16.0. The fraction of sp³-hybridized carbons (Fsp3) is 0.647. The normalized spacial score (nSPS) is 15.6. The van der Waals surface area contributed by atoms with Crippen LogP contribution in [0.2, 0.25) is 23.2 Å². The molecule has 1 aromatic rings. The summed E-state index contributed by atoms with van der Waals surface area (Å²) in [6, 6.07) is 7.38. The van der Waals surface area contributed by atoms with Crippen molar-refractivity contribution >= 4 is 19.9 Å². The van der Waals surface area contributed by atoms with Crippen LogP contribution in [0, 0.1) is 0 Å². The number of halogens is 1. The summed E-state index contributed by atoms with van der Waals surface area (Å²) in [4.78, 5) is 0. The molecule has 2 atom stereocenters. The summed E-state index contributed by atoms with van der Waals surface area (Å²) in [7, 11) is -1.80. The second-order valence-corrected chi connectivity index (χ2v) is 12.5. The topological polar surface area (TPSA) is 49.7 Å². The maximum atomic E-state index is 10.1. The van der Waals surface area contributed by atoms with Gasteiger partial charge in [0.05, 0.1) is 12.2 Å². The van der Waals surface area contributed by atoms with E-state index in [0.717, 1.165) is 5.56 Å². The highest BCUT2D eigenvalue weighted by Crippen LogP contribution is 2.36. The molecule has 1 rings (SSSR count). The van der Waals surface area contributed by atoms with Crippen LogP contribution in [0.1, 0.15) is 32.8 Å². The Morgan fingerprint density at radius 1 is 1.14 bits per heavy atom. The van der Waals surface area contributed by atoms with Crippen molar-refractivity contribution in [2.24, 2.45) is 0 Å². The van der Waals surface area contributed by atoms with E-state index in [1.165, 1.54) is 0 Å². The standard InChI is InChI=1S/C17H29ClO3Si/c1-17(2,3)22(4,5)21-11-10-15(19)16(20)12-13-8-6-7-9-14(13)18/h6-9,15-16,19-20H,10-12H2,1-5H3. The summed E-state index contributed by atoms with van der Waals surface area (Å²) in [5, 5.41) is 21.0. The maximum absolute atomic E-state index is 10.1. The van der Waals surface area contributed by atoms with Gasteiger partial charge in [-0.05, 0) is 36.2 Å². The quantitative estimate of drug-likeness (QED) is 0.734. The lowest BCUT2D eigenvalue weighted by Crippen LogP contribution is -2.42. The lowest BCUT2D eigenvalue weighted by Gasteiger charge is -2.36. The van der Waals surface area contributed by atoms with Crippen molar-refractivity contribution in [3.8, 4) is 0 Å². The van der Waals surface area contributed by atoms with Crippen molar-refractivity contribution < 1.29 is 14.6 Å². The second kappa shape index (κ2) is 7.93. The zero-order chi connectivity index (χ0) is 17.0. The minimum absolute atomic E-state index is 0.147. The molecular weight excluding hydrogens is 316 g/mol. The van der Waals surface area contributed by atoms with Crippen LogP contribution in [0.5, 0.6) is 0 Å². The number of hydrogen-bond donors (Lipinski definition) is 2. The fourth-order valence-corrected chi connectivity index (χ4v) is 3.14. The Morgan fingerprint density at radius 3 is 2.27 bits per heavy atom. The van der Waals surface area contributed by atoms with Crippen molar-refractivity contribution in [1.82, 2.24) is 0 Å². The summed E-state index contributed by atoms with van der Waals surface area (Å²) in [6.45, 7) is 11.4. The van der Waals surface area contributed by atoms with Crippen molar-refractivity contribution in [3.63, 3.8) is 0 Å². The first-order valence-corrected chi connectivity index (χ1v) is 11.1.